The molecule has 2 aromatic rings. The average molecular weight is 272 g/mol. The second-order valence-corrected chi connectivity index (χ2v) is 5.27. The van der Waals surface area contributed by atoms with Crippen LogP contribution in [-0.2, 0) is 5.41 Å². The first-order chi connectivity index (χ1) is 9.54. The molecule has 0 amide bonds. The van der Waals surface area contributed by atoms with Gasteiger partial charge in [0, 0.05) is 5.41 Å². The minimum Gasteiger partial charge on any atom is -0.508 e. The van der Waals surface area contributed by atoms with Gasteiger partial charge in [0.1, 0.15) is 18.1 Å². The van der Waals surface area contributed by atoms with Gasteiger partial charge in [-0.3, -0.25) is 0 Å². The monoisotopic (exact) mass is 272 g/mol. The third-order valence-electron chi connectivity index (χ3n) is 3.53. The number of aromatic hydroxyl groups is 1. The summed E-state index contributed by atoms with van der Waals surface area (Å²) in [6, 6.07) is 15.2. The van der Waals surface area contributed by atoms with Crippen molar-refractivity contribution >= 4 is 0 Å². The van der Waals surface area contributed by atoms with Gasteiger partial charge in [0.25, 0.3) is 0 Å². The topological polar surface area (TPSA) is 49.7 Å². The van der Waals surface area contributed by atoms with Crippen LogP contribution < -0.4 is 4.74 Å². The predicted octanol–water partition coefficient (Wildman–Crippen LogP) is 3.09. The van der Waals surface area contributed by atoms with Crippen LogP contribution in [0.25, 0.3) is 0 Å². The predicted molar refractivity (Wildman–Crippen MR) is 79.3 cm³/mol. The van der Waals surface area contributed by atoms with Crippen molar-refractivity contribution in [3.8, 4) is 11.5 Å². The van der Waals surface area contributed by atoms with E-state index in [-0.39, 0.29) is 17.8 Å². The molecule has 0 bridgehead atoms. The fourth-order valence-corrected chi connectivity index (χ4v) is 2.18. The van der Waals surface area contributed by atoms with Crippen LogP contribution in [-0.4, -0.2) is 23.4 Å². The lowest BCUT2D eigenvalue weighted by Crippen LogP contribution is -2.18. The van der Waals surface area contributed by atoms with Gasteiger partial charge in [-0.1, -0.05) is 38.1 Å². The summed E-state index contributed by atoms with van der Waals surface area (Å²) in [4.78, 5) is 0. The molecule has 2 N–H and O–H groups in total. The van der Waals surface area contributed by atoms with Gasteiger partial charge in [-0.25, -0.2) is 0 Å². The molecule has 2 rings (SSSR count). The van der Waals surface area contributed by atoms with Crippen molar-refractivity contribution in [3.05, 3.63) is 59.7 Å². The van der Waals surface area contributed by atoms with E-state index in [2.05, 4.69) is 13.8 Å². The molecule has 0 atom stereocenters. The van der Waals surface area contributed by atoms with Gasteiger partial charge < -0.3 is 14.9 Å². The van der Waals surface area contributed by atoms with Crippen molar-refractivity contribution < 1.29 is 14.9 Å². The number of aliphatic hydroxyl groups is 1. The van der Waals surface area contributed by atoms with E-state index in [1.807, 2.05) is 36.4 Å². The Labute approximate surface area is 119 Å². The second kappa shape index (κ2) is 5.97. The molecule has 0 fully saturated rings. The van der Waals surface area contributed by atoms with Crippen LogP contribution in [0.15, 0.2) is 48.5 Å². The van der Waals surface area contributed by atoms with E-state index in [9.17, 15) is 5.11 Å². The number of ether oxygens (including phenoxy) is 1. The summed E-state index contributed by atoms with van der Waals surface area (Å²) < 4.78 is 5.36. The first-order valence-corrected chi connectivity index (χ1v) is 6.68. The van der Waals surface area contributed by atoms with Crippen molar-refractivity contribution in [2.75, 3.05) is 13.2 Å². The molecule has 3 heteroatoms. The normalized spacial score (nSPS) is 11.3. The summed E-state index contributed by atoms with van der Waals surface area (Å²) in [6.45, 7) is 4.60. The Morgan fingerprint density at radius 3 is 1.90 bits per heavy atom. The molecule has 106 valence electrons. The van der Waals surface area contributed by atoms with Gasteiger partial charge in [-0.15, -0.1) is 0 Å². The van der Waals surface area contributed by atoms with Gasteiger partial charge >= 0.3 is 0 Å². The number of benzene rings is 2. The van der Waals surface area contributed by atoms with Crippen molar-refractivity contribution in [2.24, 2.45) is 0 Å². The molecule has 0 aliphatic heterocycles. The fourth-order valence-electron chi connectivity index (χ4n) is 2.18. The van der Waals surface area contributed by atoms with Crippen molar-refractivity contribution in [1.82, 2.24) is 0 Å². The molecule has 0 heterocycles. The maximum atomic E-state index is 9.37. The second-order valence-electron chi connectivity index (χ2n) is 5.27. The summed E-state index contributed by atoms with van der Waals surface area (Å²) >= 11 is 0. The zero-order valence-electron chi connectivity index (χ0n) is 11.8. The molecule has 2 aromatic carbocycles. The van der Waals surface area contributed by atoms with E-state index in [1.165, 1.54) is 5.56 Å². The average Bonchev–Trinajstić information content (AvgIpc) is 2.46. The molecule has 0 saturated carbocycles. The Hall–Kier alpha value is -2.00. The van der Waals surface area contributed by atoms with Crippen LogP contribution in [0.3, 0.4) is 0 Å². The molecule has 0 radical (unpaired) electrons. The van der Waals surface area contributed by atoms with Gasteiger partial charge in [-0.2, -0.15) is 0 Å². The molecule has 0 spiro atoms. The highest BCUT2D eigenvalue weighted by Gasteiger charge is 2.22. The maximum Gasteiger partial charge on any atom is 0.119 e. The Morgan fingerprint density at radius 2 is 1.40 bits per heavy atom. The van der Waals surface area contributed by atoms with E-state index < -0.39 is 0 Å². The quantitative estimate of drug-likeness (QED) is 0.879. The number of hydrogen-bond donors (Lipinski definition) is 2. The van der Waals surface area contributed by atoms with Crippen molar-refractivity contribution in [2.45, 2.75) is 19.3 Å². The highest BCUT2D eigenvalue weighted by Crippen LogP contribution is 2.33. The number of rotatable bonds is 5. The molecule has 0 saturated heterocycles. The number of phenols is 1. The Bertz CT molecular complexity index is 541. The number of hydrogen-bond acceptors (Lipinski definition) is 3. The number of phenolic OH excluding ortho intramolecular Hbond substituents is 1. The van der Waals surface area contributed by atoms with Gasteiger partial charge in [0.2, 0.25) is 0 Å². The summed E-state index contributed by atoms with van der Waals surface area (Å²) in [5.41, 5.74) is 2.15. The van der Waals surface area contributed by atoms with Crippen LogP contribution in [0.4, 0.5) is 0 Å². The lowest BCUT2D eigenvalue weighted by molar-refractivity contribution is 0.201. The molecular formula is C17H20O3. The highest BCUT2D eigenvalue weighted by molar-refractivity contribution is 5.41. The van der Waals surface area contributed by atoms with E-state index >= 15 is 0 Å². The smallest absolute Gasteiger partial charge is 0.119 e. The van der Waals surface area contributed by atoms with Crippen LogP contribution in [0.1, 0.15) is 25.0 Å². The molecular weight excluding hydrogens is 252 g/mol. The fraction of sp³-hybridized carbons (Fsp3) is 0.294. The van der Waals surface area contributed by atoms with Gasteiger partial charge in [0.05, 0.1) is 6.61 Å². The molecule has 0 aromatic heterocycles. The molecule has 20 heavy (non-hydrogen) atoms. The first kappa shape index (κ1) is 14.4. The van der Waals surface area contributed by atoms with Gasteiger partial charge in [-0.05, 0) is 35.4 Å². The van der Waals surface area contributed by atoms with E-state index in [1.54, 1.807) is 12.1 Å². The zero-order chi connectivity index (χ0) is 14.6. The highest BCUT2D eigenvalue weighted by atomic mass is 16.5. The van der Waals surface area contributed by atoms with Gasteiger partial charge in [0.15, 0.2) is 0 Å². The molecule has 0 unspecified atom stereocenters. The van der Waals surface area contributed by atoms with Crippen molar-refractivity contribution in [3.63, 3.8) is 0 Å². The van der Waals surface area contributed by atoms with Crippen LogP contribution >= 0.6 is 0 Å². The molecule has 0 aliphatic rings. The SMILES string of the molecule is CC(C)(c1ccc(O)cc1)c1ccc(OCCO)cc1. The van der Waals surface area contributed by atoms with Crippen molar-refractivity contribution in [1.29, 1.82) is 0 Å². The van der Waals surface area contributed by atoms with Crippen LogP contribution in [0, 0.1) is 0 Å². The van der Waals surface area contributed by atoms with E-state index in [4.69, 9.17) is 9.84 Å². The molecule has 3 nitrogen and oxygen atoms in total. The van der Waals surface area contributed by atoms with E-state index in [0.717, 1.165) is 11.3 Å². The maximum absolute atomic E-state index is 9.37. The largest absolute Gasteiger partial charge is 0.508 e. The standard InChI is InChI=1S/C17H20O3/c1-17(2,13-3-7-15(19)8-4-13)14-5-9-16(10-6-14)20-12-11-18/h3-10,18-19H,11-12H2,1-2H3. The number of aliphatic hydroxyl groups excluding tert-OH is 1. The zero-order valence-corrected chi connectivity index (χ0v) is 11.8. The summed E-state index contributed by atoms with van der Waals surface area (Å²) in [5, 5.41) is 18.1. The summed E-state index contributed by atoms with van der Waals surface area (Å²) in [5.74, 6) is 1.03. The third kappa shape index (κ3) is 3.11. The summed E-state index contributed by atoms with van der Waals surface area (Å²) in [7, 11) is 0. The Balaban J connectivity index is 2.22. The summed E-state index contributed by atoms with van der Waals surface area (Å²) in [6.07, 6.45) is 0. The minimum atomic E-state index is -0.150. The lowest BCUT2D eigenvalue weighted by atomic mass is 9.78. The minimum absolute atomic E-state index is 0.0146. The van der Waals surface area contributed by atoms with E-state index in [0.29, 0.717) is 6.61 Å². The molecule has 0 aliphatic carbocycles. The van der Waals surface area contributed by atoms with Crippen LogP contribution in [0.5, 0.6) is 11.5 Å². The third-order valence-corrected chi connectivity index (χ3v) is 3.53. The Kier molecular flexibility index (Phi) is 4.30. The first-order valence-electron chi connectivity index (χ1n) is 6.68. The van der Waals surface area contributed by atoms with Crippen LogP contribution in [0.2, 0.25) is 0 Å². The lowest BCUT2D eigenvalue weighted by Gasteiger charge is -2.26. The Morgan fingerprint density at radius 1 is 0.900 bits per heavy atom.